The van der Waals surface area contributed by atoms with Crippen molar-refractivity contribution in [2.24, 2.45) is 0 Å². The van der Waals surface area contributed by atoms with E-state index in [1.807, 2.05) is 10.9 Å². The third-order valence-corrected chi connectivity index (χ3v) is 14.3. The summed E-state index contributed by atoms with van der Waals surface area (Å²) < 4.78 is 6.29. The number of aliphatic hydroxyl groups is 3. The molecule has 0 aromatic carbocycles. The third-order valence-electron chi connectivity index (χ3n) is 9.22. The number of hydrogen-bond acceptors (Lipinski definition) is 9. The standard InChI is InChI=1S/C20H34BClN2O3Si.C13H17ClN2O2.2CH4.2ClH/c1-20(2,3)28(5,6)27-14-17(13-25)16-11-18(22)19(23-12-16)15-7-9-24(10-8-15)21(4)26;14-12-5-10(11(7-17)8-18)6-16-13(12)9-1-3-15-4-2-9;;;;/h7,11-12,17,25-26H,8-10,13-14H2,1-6H3;1,5-6,11,15,17-18H,2-4,7-8H2;2*1H4;2*1H. The Morgan fingerprint density at radius 1 is 0.900 bits per heavy atom. The first-order valence-corrected chi connectivity index (χ1v) is 19.7. The molecule has 1 atom stereocenters. The highest BCUT2D eigenvalue weighted by Gasteiger charge is 2.37. The maximum Gasteiger partial charge on any atom is 0.376 e. The lowest BCUT2D eigenvalue weighted by molar-refractivity contribution is 0.192. The second kappa shape index (κ2) is 23.6. The molecular weight excluding hydrogens is 737 g/mol. The van der Waals surface area contributed by atoms with Gasteiger partial charge in [0.15, 0.2) is 8.32 Å². The van der Waals surface area contributed by atoms with E-state index in [2.05, 4.69) is 61.3 Å². The van der Waals surface area contributed by atoms with Gasteiger partial charge in [-0.2, -0.15) is 0 Å². The molecule has 2 aromatic heterocycles. The summed E-state index contributed by atoms with van der Waals surface area (Å²) in [6.45, 7) is 16.3. The van der Waals surface area contributed by atoms with Crippen LogP contribution in [0, 0.1) is 0 Å². The van der Waals surface area contributed by atoms with E-state index in [1.165, 1.54) is 0 Å². The van der Waals surface area contributed by atoms with Crippen LogP contribution in [0.15, 0.2) is 36.7 Å². The molecule has 50 heavy (non-hydrogen) atoms. The average Bonchev–Trinajstić information content (AvgIpc) is 3.02. The van der Waals surface area contributed by atoms with Crippen molar-refractivity contribution in [3.8, 4) is 0 Å². The molecule has 0 saturated heterocycles. The summed E-state index contributed by atoms with van der Waals surface area (Å²) in [6, 6.07) is 3.69. The fourth-order valence-electron chi connectivity index (χ4n) is 4.95. The Labute approximate surface area is 325 Å². The average molecular weight is 799 g/mol. The summed E-state index contributed by atoms with van der Waals surface area (Å²) in [5.74, 6) is -0.453. The minimum Gasteiger partial charge on any atom is -0.437 e. The van der Waals surface area contributed by atoms with Crippen molar-refractivity contribution < 1.29 is 24.8 Å². The Hall–Kier alpha value is -1.06. The summed E-state index contributed by atoms with van der Waals surface area (Å²) in [5.41, 5.74) is 5.51. The van der Waals surface area contributed by atoms with E-state index in [0.29, 0.717) is 23.2 Å². The number of rotatable bonds is 11. The highest BCUT2D eigenvalue weighted by molar-refractivity contribution is 6.74. The van der Waals surface area contributed by atoms with Gasteiger partial charge >= 0.3 is 7.05 Å². The number of aliphatic hydroxyl groups excluding tert-OH is 3. The van der Waals surface area contributed by atoms with Gasteiger partial charge in [-0.15, -0.1) is 24.8 Å². The molecule has 2 aliphatic heterocycles. The van der Waals surface area contributed by atoms with Crippen molar-refractivity contribution >= 4 is 74.5 Å². The van der Waals surface area contributed by atoms with Crippen LogP contribution < -0.4 is 5.32 Å². The molecule has 4 rings (SSSR count). The topological polar surface area (TPSA) is 131 Å². The van der Waals surface area contributed by atoms with Crippen LogP contribution in [-0.4, -0.2) is 103 Å². The number of nitrogens with one attached hydrogen (secondary N) is 1. The number of aromatic nitrogens is 2. The Morgan fingerprint density at radius 2 is 1.40 bits per heavy atom. The number of hydrogen-bond donors (Lipinski definition) is 5. The van der Waals surface area contributed by atoms with E-state index < -0.39 is 15.4 Å². The van der Waals surface area contributed by atoms with E-state index in [-0.39, 0.29) is 76.4 Å². The SMILES string of the molecule is C.C.CB(O)N1CC=C(c2ncc(C(CO)CO[Si](C)(C)C(C)(C)C)cc2Cl)CC1.Cl.Cl.OCC(CO)c1cnc(C2=CCNCC2)c(Cl)c1. The van der Waals surface area contributed by atoms with Crippen LogP contribution in [0.25, 0.3) is 11.1 Å². The van der Waals surface area contributed by atoms with E-state index in [0.717, 1.165) is 66.1 Å². The van der Waals surface area contributed by atoms with Crippen molar-refractivity contribution in [3.63, 3.8) is 0 Å². The maximum absolute atomic E-state index is 9.89. The van der Waals surface area contributed by atoms with Gasteiger partial charge in [-0.1, -0.05) is 71.0 Å². The Kier molecular flexibility index (Phi) is 24.1. The molecule has 2 aliphatic rings. The van der Waals surface area contributed by atoms with Gasteiger partial charge < -0.3 is 34.9 Å². The third kappa shape index (κ3) is 14.1. The first-order valence-electron chi connectivity index (χ1n) is 16.0. The number of pyridine rings is 2. The van der Waals surface area contributed by atoms with E-state index >= 15 is 0 Å². The van der Waals surface area contributed by atoms with E-state index in [1.54, 1.807) is 25.3 Å². The maximum atomic E-state index is 9.89. The highest BCUT2D eigenvalue weighted by Crippen LogP contribution is 2.38. The molecule has 286 valence electrons. The van der Waals surface area contributed by atoms with Crippen molar-refractivity contribution in [2.75, 3.05) is 52.6 Å². The lowest BCUT2D eigenvalue weighted by Crippen LogP contribution is -2.42. The molecule has 4 heterocycles. The summed E-state index contributed by atoms with van der Waals surface area (Å²) in [6.07, 6.45) is 9.37. The second-order valence-electron chi connectivity index (χ2n) is 13.5. The summed E-state index contributed by atoms with van der Waals surface area (Å²) in [7, 11) is -2.33. The van der Waals surface area contributed by atoms with Gasteiger partial charge in [-0.25, -0.2) is 0 Å². The Balaban J connectivity index is 0. The van der Waals surface area contributed by atoms with Gasteiger partial charge in [-0.05, 0) is 85.3 Å². The molecule has 0 aliphatic carbocycles. The fourth-order valence-corrected chi connectivity index (χ4v) is 6.59. The lowest BCUT2D eigenvalue weighted by atomic mass is 9.83. The highest BCUT2D eigenvalue weighted by atomic mass is 35.5. The van der Waals surface area contributed by atoms with Crippen molar-refractivity contribution in [2.45, 2.75) is 85.3 Å². The van der Waals surface area contributed by atoms with Crippen LogP contribution >= 0.6 is 48.0 Å². The van der Waals surface area contributed by atoms with Gasteiger partial charge in [-0.3, -0.25) is 9.97 Å². The predicted molar refractivity (Wildman–Crippen MR) is 220 cm³/mol. The van der Waals surface area contributed by atoms with Gasteiger partial charge in [0.05, 0.1) is 41.3 Å². The monoisotopic (exact) mass is 796 g/mol. The van der Waals surface area contributed by atoms with Crippen LogP contribution in [0.5, 0.6) is 0 Å². The summed E-state index contributed by atoms with van der Waals surface area (Å²) >= 11 is 12.8. The zero-order chi connectivity index (χ0) is 34.1. The van der Waals surface area contributed by atoms with Gasteiger partial charge in [0.1, 0.15) is 0 Å². The predicted octanol–water partition coefficient (Wildman–Crippen LogP) is 7.33. The van der Waals surface area contributed by atoms with E-state index in [4.69, 9.17) is 37.8 Å². The molecule has 0 radical (unpaired) electrons. The van der Waals surface area contributed by atoms with Crippen molar-refractivity contribution in [1.29, 1.82) is 0 Å². The van der Waals surface area contributed by atoms with E-state index in [9.17, 15) is 10.1 Å². The van der Waals surface area contributed by atoms with Crippen molar-refractivity contribution in [1.82, 2.24) is 20.1 Å². The Bertz CT molecular complexity index is 1360. The second-order valence-corrected chi connectivity index (χ2v) is 19.1. The smallest absolute Gasteiger partial charge is 0.376 e. The minimum atomic E-state index is -1.88. The van der Waals surface area contributed by atoms with Crippen LogP contribution in [0.3, 0.4) is 0 Å². The zero-order valence-electron chi connectivity index (χ0n) is 28.9. The first-order chi connectivity index (χ1) is 21.7. The molecule has 2 aromatic rings. The van der Waals surface area contributed by atoms with Gasteiger partial charge in [0, 0.05) is 43.9 Å². The number of nitrogens with zero attached hydrogens (tertiary/aromatic N) is 3. The molecule has 0 spiro atoms. The summed E-state index contributed by atoms with van der Waals surface area (Å²) in [4.78, 5) is 11.0. The molecule has 0 amide bonds. The quantitative estimate of drug-likeness (QED) is 0.149. The normalized spacial score (nSPS) is 15.5. The minimum absolute atomic E-state index is 0. The molecule has 5 N–H and O–H groups in total. The van der Waals surface area contributed by atoms with Gasteiger partial charge in [0.25, 0.3) is 0 Å². The molecule has 0 saturated carbocycles. The largest absolute Gasteiger partial charge is 0.437 e. The van der Waals surface area contributed by atoms with Crippen LogP contribution in [0.4, 0.5) is 0 Å². The molecule has 9 nitrogen and oxygen atoms in total. The van der Waals surface area contributed by atoms with Crippen molar-refractivity contribution in [3.05, 3.63) is 69.2 Å². The molecule has 0 bridgehead atoms. The molecule has 15 heteroatoms. The Morgan fingerprint density at radius 3 is 1.78 bits per heavy atom. The molecule has 0 fully saturated rings. The number of halogens is 4. The van der Waals surface area contributed by atoms with Crippen LogP contribution in [-0.2, 0) is 4.43 Å². The van der Waals surface area contributed by atoms with Crippen LogP contribution in [0.2, 0.25) is 35.0 Å². The zero-order valence-corrected chi connectivity index (χ0v) is 33.0. The molecular formula is C35H61BCl4N4O5Si. The first kappa shape index (κ1) is 51.0. The summed E-state index contributed by atoms with van der Waals surface area (Å²) in [5, 5.41) is 42.4. The van der Waals surface area contributed by atoms with Crippen LogP contribution in [0.1, 0.15) is 82.8 Å². The lowest BCUT2D eigenvalue weighted by Gasteiger charge is -2.37. The van der Waals surface area contributed by atoms with Gasteiger partial charge in [0.2, 0.25) is 0 Å². The fraction of sp³-hybridized carbons (Fsp3) is 0.600. The molecule has 1 unspecified atom stereocenters.